The highest BCUT2D eigenvalue weighted by Crippen LogP contribution is 2.40. The standard InChI is InChI=1S/C56H40N4/c1-5-16-38(17-6-2)59-53-25-14-12-23-47(53)49-30-31-54-51(56(49)59)35-57-60(54)40-27-29-48-46-22-11-13-24-52(46)58(55(48)34-40)39-19-15-18-36(32-39)37-26-28-45-44-21-10-9-20-43(44)41(7-3)42(8-4)50(45)33-37/h5-35H,1,3-4H2,2H3/b17-6-,38-16+. The summed E-state index contributed by atoms with van der Waals surface area (Å²) in [6.45, 7) is 14.5. The van der Waals surface area contributed by atoms with Crippen molar-refractivity contribution in [2.75, 3.05) is 0 Å². The highest BCUT2D eigenvalue weighted by molar-refractivity contribution is 6.19. The molecule has 11 aromatic rings. The largest absolute Gasteiger partial charge is 0.309 e. The molecule has 0 fully saturated rings. The van der Waals surface area contributed by atoms with Gasteiger partial charge < -0.3 is 9.13 Å². The fourth-order valence-electron chi connectivity index (χ4n) is 9.59. The van der Waals surface area contributed by atoms with Gasteiger partial charge in [-0.3, -0.25) is 0 Å². The maximum atomic E-state index is 5.09. The molecule has 3 heterocycles. The van der Waals surface area contributed by atoms with Crippen LogP contribution in [0.4, 0.5) is 0 Å². The maximum Gasteiger partial charge on any atom is 0.0762 e. The van der Waals surface area contributed by atoms with Crippen LogP contribution in [0.1, 0.15) is 18.1 Å². The van der Waals surface area contributed by atoms with Gasteiger partial charge in [0.05, 0.1) is 39.5 Å². The molecule has 4 nitrogen and oxygen atoms in total. The van der Waals surface area contributed by atoms with Crippen LogP contribution in [0.3, 0.4) is 0 Å². The first-order chi connectivity index (χ1) is 29.6. The molecule has 8 aromatic carbocycles. The van der Waals surface area contributed by atoms with E-state index in [1.165, 1.54) is 43.1 Å². The van der Waals surface area contributed by atoms with Crippen LogP contribution >= 0.6 is 0 Å². The Bertz CT molecular complexity index is 3670. The highest BCUT2D eigenvalue weighted by atomic mass is 15.3. The van der Waals surface area contributed by atoms with E-state index in [1.54, 1.807) is 0 Å². The fourth-order valence-corrected chi connectivity index (χ4v) is 9.59. The van der Waals surface area contributed by atoms with Crippen molar-refractivity contribution in [2.24, 2.45) is 0 Å². The molecule has 0 N–H and O–H groups in total. The molecule has 0 atom stereocenters. The molecule has 0 unspecified atom stereocenters. The number of hydrogen-bond acceptors (Lipinski definition) is 1. The van der Waals surface area contributed by atoms with Crippen LogP contribution in [0, 0.1) is 0 Å². The van der Waals surface area contributed by atoms with Gasteiger partial charge in [0, 0.05) is 38.3 Å². The number of aromatic nitrogens is 4. The van der Waals surface area contributed by atoms with E-state index in [1.807, 2.05) is 31.3 Å². The summed E-state index contributed by atoms with van der Waals surface area (Å²) in [5.41, 5.74) is 13.2. The topological polar surface area (TPSA) is 27.7 Å². The summed E-state index contributed by atoms with van der Waals surface area (Å²) in [6.07, 6.45) is 14.1. The van der Waals surface area contributed by atoms with E-state index in [-0.39, 0.29) is 0 Å². The molecule has 60 heavy (non-hydrogen) atoms. The van der Waals surface area contributed by atoms with Crippen molar-refractivity contribution in [3.63, 3.8) is 0 Å². The first-order valence-corrected chi connectivity index (χ1v) is 20.3. The molecule has 0 spiro atoms. The molecule has 0 aliphatic rings. The Morgan fingerprint density at radius 3 is 1.93 bits per heavy atom. The second-order valence-corrected chi connectivity index (χ2v) is 15.3. The van der Waals surface area contributed by atoms with Crippen molar-refractivity contribution in [1.82, 2.24) is 18.9 Å². The van der Waals surface area contributed by atoms with Crippen molar-refractivity contribution in [3.05, 3.63) is 207 Å². The summed E-state index contributed by atoms with van der Waals surface area (Å²) >= 11 is 0. The molecule has 284 valence electrons. The Balaban J connectivity index is 1.10. The van der Waals surface area contributed by atoms with Gasteiger partial charge in [-0.15, -0.1) is 0 Å². The van der Waals surface area contributed by atoms with Crippen LogP contribution in [0.25, 0.3) is 116 Å². The summed E-state index contributed by atoms with van der Waals surface area (Å²) < 4.78 is 6.81. The summed E-state index contributed by atoms with van der Waals surface area (Å²) in [7, 11) is 0. The lowest BCUT2D eigenvalue weighted by molar-refractivity contribution is 0.911. The zero-order chi connectivity index (χ0) is 40.5. The zero-order valence-corrected chi connectivity index (χ0v) is 33.3. The van der Waals surface area contributed by atoms with Crippen molar-refractivity contribution < 1.29 is 0 Å². The van der Waals surface area contributed by atoms with Crippen molar-refractivity contribution in [2.45, 2.75) is 6.92 Å². The highest BCUT2D eigenvalue weighted by Gasteiger charge is 2.20. The summed E-state index contributed by atoms with van der Waals surface area (Å²) in [5.74, 6) is 0. The second-order valence-electron chi connectivity index (χ2n) is 15.3. The molecular formula is C56H40N4. The number of allylic oxidation sites excluding steroid dienone is 5. The number of para-hydroxylation sites is 2. The molecule has 0 radical (unpaired) electrons. The molecule has 3 aromatic heterocycles. The Labute approximate surface area is 347 Å². The minimum absolute atomic E-state index is 0.992. The third kappa shape index (κ3) is 5.14. The fraction of sp³-hybridized carbons (Fsp3) is 0.0179. The molecule has 11 rings (SSSR count). The van der Waals surface area contributed by atoms with Gasteiger partial charge >= 0.3 is 0 Å². The number of fused-ring (bicyclic) bond motifs is 11. The van der Waals surface area contributed by atoms with Gasteiger partial charge in [-0.1, -0.05) is 135 Å². The predicted octanol–water partition coefficient (Wildman–Crippen LogP) is 15.1. The average Bonchev–Trinajstić information content (AvgIpc) is 3.98. The summed E-state index contributed by atoms with van der Waals surface area (Å²) in [4.78, 5) is 0. The first-order valence-electron chi connectivity index (χ1n) is 20.3. The van der Waals surface area contributed by atoms with E-state index in [2.05, 4.69) is 197 Å². The second kappa shape index (κ2) is 13.9. The molecular weight excluding hydrogens is 729 g/mol. The molecule has 0 aliphatic heterocycles. The van der Waals surface area contributed by atoms with E-state index in [9.17, 15) is 0 Å². The van der Waals surface area contributed by atoms with Crippen LogP contribution in [-0.4, -0.2) is 18.9 Å². The molecule has 0 saturated heterocycles. The van der Waals surface area contributed by atoms with E-state index in [4.69, 9.17) is 5.10 Å². The van der Waals surface area contributed by atoms with Crippen LogP contribution in [0.5, 0.6) is 0 Å². The predicted molar refractivity (Wildman–Crippen MR) is 258 cm³/mol. The molecule has 0 aliphatic carbocycles. The quantitative estimate of drug-likeness (QED) is 0.112. The Morgan fingerprint density at radius 1 is 0.500 bits per heavy atom. The van der Waals surface area contributed by atoms with Gasteiger partial charge in [0.2, 0.25) is 0 Å². The third-order valence-electron chi connectivity index (χ3n) is 12.1. The lowest BCUT2D eigenvalue weighted by Crippen LogP contribution is -1.98. The van der Waals surface area contributed by atoms with Gasteiger partial charge in [0.1, 0.15) is 0 Å². The lowest BCUT2D eigenvalue weighted by Gasteiger charge is -2.15. The van der Waals surface area contributed by atoms with Gasteiger partial charge in [-0.05, 0) is 117 Å². The van der Waals surface area contributed by atoms with Crippen LogP contribution in [-0.2, 0) is 0 Å². The third-order valence-corrected chi connectivity index (χ3v) is 12.1. The van der Waals surface area contributed by atoms with Gasteiger partial charge in [-0.25, -0.2) is 4.68 Å². The smallest absolute Gasteiger partial charge is 0.0762 e. The zero-order valence-electron chi connectivity index (χ0n) is 33.3. The molecule has 0 bridgehead atoms. The molecule has 0 saturated carbocycles. The lowest BCUT2D eigenvalue weighted by atomic mass is 9.89. The number of hydrogen-bond donors (Lipinski definition) is 0. The maximum absolute atomic E-state index is 5.09. The van der Waals surface area contributed by atoms with Crippen molar-refractivity contribution >= 4 is 93.9 Å². The van der Waals surface area contributed by atoms with E-state index in [0.29, 0.717) is 0 Å². The number of benzene rings is 8. The normalized spacial score (nSPS) is 12.3. The van der Waals surface area contributed by atoms with Crippen molar-refractivity contribution in [1.29, 1.82) is 0 Å². The van der Waals surface area contributed by atoms with Gasteiger partial charge in [-0.2, -0.15) is 5.10 Å². The van der Waals surface area contributed by atoms with Crippen LogP contribution in [0.2, 0.25) is 0 Å². The Kier molecular flexibility index (Phi) is 8.14. The summed E-state index contributed by atoms with van der Waals surface area (Å²) in [6, 6.07) is 52.7. The molecule has 4 heteroatoms. The summed E-state index contributed by atoms with van der Waals surface area (Å²) in [5, 5.41) is 15.7. The number of rotatable bonds is 8. The van der Waals surface area contributed by atoms with E-state index in [0.717, 1.165) is 72.3 Å². The number of nitrogens with zero attached hydrogens (tertiary/aromatic N) is 4. The van der Waals surface area contributed by atoms with Crippen LogP contribution in [0.15, 0.2) is 196 Å². The minimum Gasteiger partial charge on any atom is -0.309 e. The van der Waals surface area contributed by atoms with Crippen molar-refractivity contribution in [3.8, 4) is 22.5 Å². The van der Waals surface area contributed by atoms with Gasteiger partial charge in [0.15, 0.2) is 0 Å². The van der Waals surface area contributed by atoms with E-state index >= 15 is 0 Å². The Hall–Kier alpha value is -7.95. The monoisotopic (exact) mass is 768 g/mol. The minimum atomic E-state index is 0.992. The average molecular weight is 769 g/mol. The van der Waals surface area contributed by atoms with E-state index < -0.39 is 0 Å². The van der Waals surface area contributed by atoms with Crippen LogP contribution < -0.4 is 0 Å². The molecule has 0 amide bonds. The van der Waals surface area contributed by atoms with Gasteiger partial charge in [0.25, 0.3) is 0 Å². The first kappa shape index (κ1) is 35.2. The SMILES string of the molecule is C=C/C=C(\C=C/C)n1c2ccccc2c2ccc3c(cnn3-c3ccc4c5ccccc5n(-c5cccc(-c6ccc7c(c6)c(C=C)c(C=C)c6ccccc67)c5)c4c3)c21. The Morgan fingerprint density at radius 2 is 1.15 bits per heavy atom.